The molecule has 3 aromatic rings. The molecule has 0 unspecified atom stereocenters. The summed E-state index contributed by atoms with van der Waals surface area (Å²) in [6.45, 7) is 3.55. The maximum Gasteiger partial charge on any atom is 0.258 e. The highest BCUT2D eigenvalue weighted by molar-refractivity contribution is 5.94. The molecule has 0 saturated carbocycles. The monoisotopic (exact) mass is 338 g/mol. The highest BCUT2D eigenvalue weighted by Gasteiger charge is 2.10. The lowest BCUT2D eigenvalue weighted by atomic mass is 10.1. The molecule has 1 aromatic carbocycles. The van der Waals surface area contributed by atoms with Crippen LogP contribution in [0.4, 0.5) is 0 Å². The number of benzene rings is 1. The van der Waals surface area contributed by atoms with Gasteiger partial charge in [0, 0.05) is 17.8 Å². The summed E-state index contributed by atoms with van der Waals surface area (Å²) < 4.78 is 12.5. The number of hydrogen-bond donors (Lipinski definition) is 0. The van der Waals surface area contributed by atoms with E-state index in [9.17, 15) is 9.59 Å². The molecule has 2 heterocycles. The van der Waals surface area contributed by atoms with Gasteiger partial charge in [-0.2, -0.15) is 0 Å². The molecule has 6 heteroatoms. The van der Waals surface area contributed by atoms with Gasteiger partial charge >= 0.3 is 0 Å². The molecule has 0 saturated heterocycles. The van der Waals surface area contributed by atoms with Crippen LogP contribution in [-0.4, -0.2) is 22.3 Å². The quantitative estimate of drug-likeness (QED) is 0.669. The Hall–Kier alpha value is -3.15. The van der Waals surface area contributed by atoms with E-state index < -0.39 is 0 Å². The highest BCUT2D eigenvalue weighted by Crippen LogP contribution is 2.28. The van der Waals surface area contributed by atoms with Crippen LogP contribution in [0.15, 0.2) is 47.4 Å². The lowest BCUT2D eigenvalue weighted by Crippen LogP contribution is -2.16. The molecule has 2 aromatic heterocycles. The normalized spacial score (nSPS) is 10.7. The van der Waals surface area contributed by atoms with Crippen molar-refractivity contribution in [2.24, 2.45) is 0 Å². The lowest BCUT2D eigenvalue weighted by Gasteiger charge is -2.11. The van der Waals surface area contributed by atoms with Gasteiger partial charge in [-0.3, -0.25) is 14.0 Å². The zero-order chi connectivity index (χ0) is 18.0. The molecule has 6 nitrogen and oxygen atoms in total. The topological polar surface area (TPSA) is 69.9 Å². The fourth-order valence-electron chi connectivity index (χ4n) is 2.49. The average Bonchev–Trinajstić information content (AvgIpc) is 2.59. The van der Waals surface area contributed by atoms with Crippen molar-refractivity contribution in [2.45, 2.75) is 20.5 Å². The van der Waals surface area contributed by atoms with Gasteiger partial charge in [-0.05, 0) is 49.7 Å². The molecule has 25 heavy (non-hydrogen) atoms. The first-order chi connectivity index (χ1) is 12.0. The molecule has 128 valence electrons. The zero-order valence-electron chi connectivity index (χ0n) is 14.3. The molecule has 0 aliphatic rings. The van der Waals surface area contributed by atoms with E-state index in [-0.39, 0.29) is 17.9 Å². The fraction of sp³-hybridized carbons (Fsp3) is 0.211. The van der Waals surface area contributed by atoms with Crippen LogP contribution in [-0.2, 0) is 6.61 Å². The number of ketones is 1. The number of pyridine rings is 1. The van der Waals surface area contributed by atoms with Gasteiger partial charge < -0.3 is 9.47 Å². The van der Waals surface area contributed by atoms with Crippen LogP contribution in [0.2, 0.25) is 0 Å². The molecule has 0 radical (unpaired) electrons. The van der Waals surface area contributed by atoms with Crippen molar-refractivity contribution in [3.05, 3.63) is 69.8 Å². The molecule has 0 aliphatic carbocycles. The number of nitrogens with zero attached hydrogens (tertiary/aromatic N) is 2. The largest absolute Gasteiger partial charge is 0.493 e. The first kappa shape index (κ1) is 16.7. The molecular weight excluding hydrogens is 320 g/mol. The molecule has 0 fully saturated rings. The van der Waals surface area contributed by atoms with Crippen LogP contribution in [0.5, 0.6) is 11.5 Å². The number of carbonyl (C=O) groups is 1. The summed E-state index contributed by atoms with van der Waals surface area (Å²) in [5.74, 6) is 0.893. The van der Waals surface area contributed by atoms with Crippen LogP contribution in [0.1, 0.15) is 28.5 Å². The number of rotatable bonds is 5. The Labute approximate surface area is 144 Å². The Morgan fingerprint density at radius 1 is 1.16 bits per heavy atom. The number of methoxy groups -OCH3 is 1. The van der Waals surface area contributed by atoms with Crippen LogP contribution in [0.3, 0.4) is 0 Å². The first-order valence-electron chi connectivity index (χ1n) is 7.78. The Morgan fingerprint density at radius 3 is 2.68 bits per heavy atom. The van der Waals surface area contributed by atoms with Gasteiger partial charge in [-0.1, -0.05) is 0 Å². The molecule has 0 spiro atoms. The Morgan fingerprint density at radius 2 is 1.96 bits per heavy atom. The zero-order valence-corrected chi connectivity index (χ0v) is 14.3. The number of aryl methyl sites for hydroxylation is 1. The highest BCUT2D eigenvalue weighted by atomic mass is 16.5. The maximum absolute atomic E-state index is 12.2. The van der Waals surface area contributed by atoms with Crippen molar-refractivity contribution in [2.75, 3.05) is 7.11 Å². The van der Waals surface area contributed by atoms with Gasteiger partial charge in [-0.15, -0.1) is 0 Å². The summed E-state index contributed by atoms with van der Waals surface area (Å²) in [7, 11) is 1.51. The third-order valence-corrected chi connectivity index (χ3v) is 3.82. The van der Waals surface area contributed by atoms with E-state index in [2.05, 4.69) is 4.98 Å². The molecule has 0 amide bonds. The van der Waals surface area contributed by atoms with E-state index in [0.29, 0.717) is 28.4 Å². The van der Waals surface area contributed by atoms with Crippen LogP contribution >= 0.6 is 0 Å². The maximum atomic E-state index is 12.2. The second-order valence-corrected chi connectivity index (χ2v) is 5.73. The number of fused-ring (bicyclic) bond motifs is 1. The summed E-state index contributed by atoms with van der Waals surface area (Å²) >= 11 is 0. The van der Waals surface area contributed by atoms with Crippen molar-refractivity contribution in [3.8, 4) is 11.5 Å². The number of aromatic nitrogens is 2. The summed E-state index contributed by atoms with van der Waals surface area (Å²) in [6, 6.07) is 10.1. The second kappa shape index (κ2) is 6.76. The summed E-state index contributed by atoms with van der Waals surface area (Å²) in [5, 5.41) is 0. The van der Waals surface area contributed by atoms with Gasteiger partial charge in [0.1, 0.15) is 12.3 Å². The third-order valence-electron chi connectivity index (χ3n) is 3.82. The van der Waals surface area contributed by atoms with Crippen molar-refractivity contribution in [1.82, 2.24) is 9.38 Å². The van der Waals surface area contributed by atoms with Gasteiger partial charge in [0.15, 0.2) is 17.3 Å². The van der Waals surface area contributed by atoms with E-state index in [1.165, 1.54) is 24.5 Å². The summed E-state index contributed by atoms with van der Waals surface area (Å²) in [4.78, 5) is 28.1. The molecule has 0 bridgehead atoms. The van der Waals surface area contributed by atoms with Gasteiger partial charge in [0.2, 0.25) is 0 Å². The Balaban J connectivity index is 1.87. The van der Waals surface area contributed by atoms with Gasteiger partial charge in [0.25, 0.3) is 5.56 Å². The molecule has 0 aliphatic heterocycles. The van der Waals surface area contributed by atoms with E-state index in [4.69, 9.17) is 9.47 Å². The number of carbonyl (C=O) groups excluding carboxylic acids is 1. The predicted octanol–water partition coefficient (Wildman–Crippen LogP) is 2.79. The molecule has 0 N–H and O–H groups in total. The van der Waals surface area contributed by atoms with Crippen molar-refractivity contribution in [3.63, 3.8) is 0 Å². The smallest absolute Gasteiger partial charge is 0.258 e. The van der Waals surface area contributed by atoms with E-state index in [0.717, 1.165) is 5.56 Å². The predicted molar refractivity (Wildman–Crippen MR) is 93.5 cm³/mol. The van der Waals surface area contributed by atoms with E-state index in [1.54, 1.807) is 24.4 Å². The van der Waals surface area contributed by atoms with Crippen molar-refractivity contribution in [1.29, 1.82) is 0 Å². The minimum atomic E-state index is -0.164. The number of ether oxygens (including phenoxy) is 2. The van der Waals surface area contributed by atoms with Crippen LogP contribution in [0, 0.1) is 6.92 Å². The van der Waals surface area contributed by atoms with E-state index >= 15 is 0 Å². The second-order valence-electron chi connectivity index (χ2n) is 5.73. The summed E-state index contributed by atoms with van der Waals surface area (Å²) in [6.07, 6.45) is 1.70. The van der Waals surface area contributed by atoms with Crippen LogP contribution in [0.25, 0.3) is 5.65 Å². The number of hydrogen-bond acceptors (Lipinski definition) is 5. The molecule has 0 atom stereocenters. The SMILES string of the molecule is COc1cc(C(C)=O)ccc1OCc1cc(=O)n2ccc(C)cc2n1. The fourth-order valence-corrected chi connectivity index (χ4v) is 2.49. The van der Waals surface area contributed by atoms with Gasteiger partial charge in [-0.25, -0.2) is 4.98 Å². The number of Topliss-reactive ketones (excluding diaryl/α,β-unsaturated/α-hetero) is 1. The standard InChI is InChI=1S/C19H18N2O4/c1-12-6-7-21-18(8-12)20-15(10-19(21)23)11-25-16-5-4-14(13(2)22)9-17(16)24-3/h4-10H,11H2,1-3H3. The van der Waals surface area contributed by atoms with Crippen LogP contribution < -0.4 is 15.0 Å². The Kier molecular flexibility index (Phi) is 4.52. The molecule has 3 rings (SSSR count). The van der Waals surface area contributed by atoms with Crippen molar-refractivity contribution < 1.29 is 14.3 Å². The van der Waals surface area contributed by atoms with Crippen molar-refractivity contribution >= 4 is 11.4 Å². The summed E-state index contributed by atoms with van der Waals surface area (Å²) in [5.41, 5.74) is 2.49. The third kappa shape index (κ3) is 3.52. The Bertz CT molecular complexity index is 1010. The minimum absolute atomic E-state index is 0.0514. The first-order valence-corrected chi connectivity index (χ1v) is 7.78. The van der Waals surface area contributed by atoms with Gasteiger partial charge in [0.05, 0.1) is 12.8 Å². The minimum Gasteiger partial charge on any atom is -0.493 e. The lowest BCUT2D eigenvalue weighted by molar-refractivity contribution is 0.101. The molecular formula is C19H18N2O4. The average molecular weight is 338 g/mol. The van der Waals surface area contributed by atoms with E-state index in [1.807, 2.05) is 19.1 Å².